The van der Waals surface area contributed by atoms with Crippen molar-refractivity contribution >= 4 is 27.7 Å². The van der Waals surface area contributed by atoms with Crippen molar-refractivity contribution in [2.45, 2.75) is 44.6 Å². The van der Waals surface area contributed by atoms with Crippen molar-refractivity contribution in [1.29, 1.82) is 0 Å². The van der Waals surface area contributed by atoms with Crippen LogP contribution in [0.5, 0.6) is 5.75 Å². The van der Waals surface area contributed by atoms with Gasteiger partial charge in [0.05, 0.1) is 13.5 Å². The monoisotopic (exact) mass is 443 g/mol. The first kappa shape index (κ1) is 22.3. The minimum absolute atomic E-state index is 0.0525. The Morgan fingerprint density at radius 1 is 1.17 bits per heavy atom. The van der Waals surface area contributed by atoms with Crippen LogP contribution in [0.25, 0.3) is 0 Å². The predicted octanol–water partition coefficient (Wildman–Crippen LogP) is 2.54. The molecule has 1 aromatic carbocycles. The second-order valence-corrected chi connectivity index (χ2v) is 10.2. The van der Waals surface area contributed by atoms with Gasteiger partial charge in [-0.2, -0.15) is 17.0 Å². The third kappa shape index (κ3) is 5.23. The smallest absolute Gasteiger partial charge is 0.282 e. The van der Waals surface area contributed by atoms with E-state index in [0.717, 1.165) is 31.2 Å². The van der Waals surface area contributed by atoms with Crippen molar-refractivity contribution in [1.82, 2.24) is 13.5 Å². The quantitative estimate of drug-likeness (QED) is 0.677. The van der Waals surface area contributed by atoms with Crippen LogP contribution in [0, 0.1) is 0 Å². The number of carbonyl (C=O) groups is 1. The molecule has 1 aliphatic carbocycles. The van der Waals surface area contributed by atoms with Crippen molar-refractivity contribution in [3.63, 3.8) is 0 Å². The molecule has 1 saturated carbocycles. The van der Waals surface area contributed by atoms with Gasteiger partial charge in [-0.15, -0.1) is 0 Å². The van der Waals surface area contributed by atoms with Gasteiger partial charge in [-0.1, -0.05) is 30.9 Å². The number of hydrogen-bond donors (Lipinski definition) is 0. The summed E-state index contributed by atoms with van der Waals surface area (Å²) in [5.41, 5.74) is 0.733. The molecule has 0 aromatic heterocycles. The highest BCUT2D eigenvalue weighted by Gasteiger charge is 2.35. The van der Waals surface area contributed by atoms with Crippen molar-refractivity contribution in [2.24, 2.45) is 0 Å². The molecule has 1 aliphatic heterocycles. The number of rotatable bonds is 6. The third-order valence-electron chi connectivity index (χ3n) is 5.95. The van der Waals surface area contributed by atoms with Crippen molar-refractivity contribution in [2.75, 3.05) is 40.3 Å². The molecule has 1 aromatic rings. The number of amides is 1. The van der Waals surface area contributed by atoms with Gasteiger partial charge >= 0.3 is 0 Å². The number of ether oxygens (including phenoxy) is 1. The van der Waals surface area contributed by atoms with Crippen molar-refractivity contribution in [3.8, 4) is 5.75 Å². The van der Waals surface area contributed by atoms with E-state index in [1.807, 2.05) is 0 Å². The Morgan fingerprint density at radius 2 is 1.83 bits per heavy atom. The van der Waals surface area contributed by atoms with Gasteiger partial charge in [0.1, 0.15) is 5.75 Å². The summed E-state index contributed by atoms with van der Waals surface area (Å²) in [6.07, 6.45) is 5.38. The van der Waals surface area contributed by atoms with E-state index >= 15 is 0 Å². The zero-order valence-corrected chi connectivity index (χ0v) is 18.7. The van der Waals surface area contributed by atoms with Crippen LogP contribution in [0.4, 0.5) is 0 Å². The maximum atomic E-state index is 13.0. The SMILES string of the molecule is COc1ccc(Cl)cc1CC(=O)N1CCN(S(=O)(=O)N(C)C2CCCCC2)CC1. The van der Waals surface area contributed by atoms with Gasteiger partial charge < -0.3 is 9.64 Å². The number of nitrogens with zero attached hydrogens (tertiary/aromatic N) is 3. The lowest BCUT2D eigenvalue weighted by molar-refractivity contribution is -0.131. The summed E-state index contributed by atoms with van der Waals surface area (Å²) < 4.78 is 34.3. The zero-order chi connectivity index (χ0) is 21.0. The molecule has 0 N–H and O–H groups in total. The highest BCUT2D eigenvalue weighted by molar-refractivity contribution is 7.86. The lowest BCUT2D eigenvalue weighted by atomic mass is 9.96. The summed E-state index contributed by atoms with van der Waals surface area (Å²) in [5.74, 6) is 0.571. The van der Waals surface area contributed by atoms with Crippen molar-refractivity contribution in [3.05, 3.63) is 28.8 Å². The van der Waals surface area contributed by atoms with Gasteiger partial charge in [0.15, 0.2) is 0 Å². The summed E-state index contributed by atoms with van der Waals surface area (Å²) >= 11 is 6.05. The second kappa shape index (κ2) is 9.64. The highest BCUT2D eigenvalue weighted by Crippen LogP contribution is 2.26. The summed E-state index contributed by atoms with van der Waals surface area (Å²) in [6.45, 7) is 1.41. The number of carbonyl (C=O) groups excluding carboxylic acids is 1. The van der Waals surface area contributed by atoms with Gasteiger partial charge in [0, 0.05) is 49.9 Å². The molecule has 0 bridgehead atoms. The van der Waals surface area contributed by atoms with E-state index in [4.69, 9.17) is 16.3 Å². The van der Waals surface area contributed by atoms with Crippen LogP contribution in [-0.4, -0.2) is 74.2 Å². The average molecular weight is 444 g/mol. The van der Waals surface area contributed by atoms with Crippen molar-refractivity contribution < 1.29 is 17.9 Å². The molecule has 2 aliphatic rings. The normalized spacial score (nSPS) is 19.5. The van der Waals surface area contributed by atoms with Crippen LogP contribution >= 0.6 is 11.6 Å². The first-order valence-corrected chi connectivity index (χ1v) is 11.9. The van der Waals surface area contributed by atoms with Crippen LogP contribution in [-0.2, 0) is 21.4 Å². The molecule has 0 spiro atoms. The number of hydrogen-bond acceptors (Lipinski definition) is 4. The Kier molecular flexibility index (Phi) is 7.42. The Balaban J connectivity index is 1.58. The molecule has 3 rings (SSSR count). The molecule has 1 heterocycles. The van der Waals surface area contributed by atoms with Gasteiger partial charge in [-0.3, -0.25) is 4.79 Å². The minimum Gasteiger partial charge on any atom is -0.496 e. The Labute approximate surface area is 178 Å². The predicted molar refractivity (Wildman–Crippen MR) is 113 cm³/mol. The van der Waals surface area contributed by atoms with E-state index < -0.39 is 10.2 Å². The first-order valence-electron chi connectivity index (χ1n) is 10.2. The molecular weight excluding hydrogens is 414 g/mol. The Bertz CT molecular complexity index is 819. The molecule has 0 atom stereocenters. The molecular formula is C20H30ClN3O4S. The fourth-order valence-corrected chi connectivity index (χ4v) is 5.91. The summed E-state index contributed by atoms with van der Waals surface area (Å²) in [6, 6.07) is 5.29. The van der Waals surface area contributed by atoms with E-state index in [9.17, 15) is 13.2 Å². The summed E-state index contributed by atoms with van der Waals surface area (Å²) in [4.78, 5) is 14.4. The Hall–Kier alpha value is -1.35. The van der Waals surface area contributed by atoms with Gasteiger partial charge in [0.25, 0.3) is 10.2 Å². The van der Waals surface area contributed by atoms with E-state index in [1.165, 1.54) is 10.7 Å². The number of piperazine rings is 1. The lowest BCUT2D eigenvalue weighted by Gasteiger charge is -2.38. The van der Waals surface area contributed by atoms with E-state index in [1.54, 1.807) is 41.6 Å². The number of benzene rings is 1. The molecule has 162 valence electrons. The molecule has 0 unspecified atom stereocenters. The van der Waals surface area contributed by atoms with E-state index in [0.29, 0.717) is 37.0 Å². The highest BCUT2D eigenvalue weighted by atomic mass is 35.5. The molecule has 2 fully saturated rings. The molecule has 1 saturated heterocycles. The molecule has 0 radical (unpaired) electrons. The van der Waals surface area contributed by atoms with Crippen LogP contribution in [0.1, 0.15) is 37.7 Å². The Morgan fingerprint density at radius 3 is 2.45 bits per heavy atom. The largest absolute Gasteiger partial charge is 0.496 e. The van der Waals surface area contributed by atoms with Crippen LogP contribution in [0.3, 0.4) is 0 Å². The zero-order valence-electron chi connectivity index (χ0n) is 17.1. The second-order valence-electron chi connectivity index (χ2n) is 7.73. The van der Waals surface area contributed by atoms with Crippen LogP contribution in [0.15, 0.2) is 18.2 Å². The van der Waals surface area contributed by atoms with Gasteiger partial charge in [-0.05, 0) is 31.0 Å². The van der Waals surface area contributed by atoms with Crippen LogP contribution < -0.4 is 4.74 Å². The fourth-order valence-electron chi connectivity index (χ4n) is 4.14. The maximum absolute atomic E-state index is 13.0. The number of halogens is 1. The molecule has 7 nitrogen and oxygen atoms in total. The standard InChI is InChI=1S/C20H30ClN3O4S/c1-22(18-6-4-3-5-7-18)29(26,27)24-12-10-23(11-13-24)20(25)15-16-14-17(21)8-9-19(16)28-2/h8-9,14,18H,3-7,10-13,15H2,1-2H3. The van der Waals surface area contributed by atoms with Gasteiger partial charge in [0.2, 0.25) is 5.91 Å². The number of methoxy groups -OCH3 is 1. The molecule has 1 amide bonds. The fraction of sp³-hybridized carbons (Fsp3) is 0.650. The summed E-state index contributed by atoms with van der Waals surface area (Å²) in [7, 11) is -0.247. The average Bonchev–Trinajstić information content (AvgIpc) is 2.74. The first-order chi connectivity index (χ1) is 13.8. The summed E-state index contributed by atoms with van der Waals surface area (Å²) in [5, 5.41) is 0.551. The molecule has 29 heavy (non-hydrogen) atoms. The van der Waals surface area contributed by atoms with Crippen LogP contribution in [0.2, 0.25) is 5.02 Å². The van der Waals surface area contributed by atoms with E-state index in [2.05, 4.69) is 0 Å². The topological polar surface area (TPSA) is 70.2 Å². The van der Waals surface area contributed by atoms with Gasteiger partial charge in [-0.25, -0.2) is 0 Å². The maximum Gasteiger partial charge on any atom is 0.282 e. The molecule has 9 heteroatoms. The van der Waals surface area contributed by atoms with E-state index in [-0.39, 0.29) is 18.4 Å². The minimum atomic E-state index is -3.49. The lowest BCUT2D eigenvalue weighted by Crippen LogP contribution is -2.55. The third-order valence-corrected chi connectivity index (χ3v) is 8.23.